The van der Waals surface area contributed by atoms with Crippen LogP contribution in [0, 0.1) is 5.92 Å². The molecular weight excluding hydrogens is 324 g/mol. The number of rotatable bonds is 8. The van der Waals surface area contributed by atoms with Gasteiger partial charge in [-0.05, 0) is 32.6 Å². The predicted molar refractivity (Wildman–Crippen MR) is 84.4 cm³/mol. The Morgan fingerprint density at radius 2 is 2.04 bits per heavy atom. The minimum Gasteiger partial charge on any atom is -0.480 e. The second-order valence-corrected chi connectivity index (χ2v) is 8.06. The maximum Gasteiger partial charge on any atom is 0.326 e. The molecule has 1 saturated heterocycles. The number of carboxylic acid groups (broad SMARTS) is 1. The molecule has 9 heteroatoms. The van der Waals surface area contributed by atoms with Crippen molar-refractivity contribution in [3.8, 4) is 0 Å². The number of amides is 1. The summed E-state index contributed by atoms with van der Waals surface area (Å²) in [5.41, 5.74) is 0. The Labute approximate surface area is 137 Å². The van der Waals surface area contributed by atoms with Gasteiger partial charge in [0.15, 0.2) is 0 Å². The van der Waals surface area contributed by atoms with Gasteiger partial charge in [-0.3, -0.25) is 4.79 Å². The van der Waals surface area contributed by atoms with E-state index >= 15 is 0 Å². The van der Waals surface area contributed by atoms with Crippen molar-refractivity contribution in [2.24, 2.45) is 5.92 Å². The zero-order valence-electron chi connectivity index (χ0n) is 13.8. The van der Waals surface area contributed by atoms with Gasteiger partial charge >= 0.3 is 5.97 Å². The minimum absolute atomic E-state index is 0.0418. The molecule has 0 aromatic rings. The Bertz CT molecular complexity index is 519. The van der Waals surface area contributed by atoms with Crippen LogP contribution in [0.2, 0.25) is 0 Å². The number of nitrogens with one attached hydrogen (secondary N) is 1. The van der Waals surface area contributed by atoms with E-state index in [0.717, 1.165) is 0 Å². The van der Waals surface area contributed by atoms with Crippen LogP contribution in [0.1, 0.15) is 33.6 Å². The molecule has 0 saturated carbocycles. The predicted octanol–water partition coefficient (Wildman–Crippen LogP) is 0.0425. The monoisotopic (exact) mass is 350 g/mol. The van der Waals surface area contributed by atoms with Crippen molar-refractivity contribution in [2.75, 3.05) is 25.4 Å². The molecular formula is C14H26N2O6S. The van der Waals surface area contributed by atoms with Crippen molar-refractivity contribution < 1.29 is 27.9 Å². The lowest BCUT2D eigenvalue weighted by Gasteiger charge is -2.36. The highest BCUT2D eigenvalue weighted by atomic mass is 32.2. The number of carboxylic acids is 1. The molecule has 1 aliphatic rings. The lowest BCUT2D eigenvalue weighted by Crippen LogP contribution is -2.52. The minimum atomic E-state index is -3.63. The number of ether oxygens (including phenoxy) is 1. The smallest absolute Gasteiger partial charge is 0.326 e. The average Bonchev–Trinajstić information content (AvgIpc) is 2.44. The van der Waals surface area contributed by atoms with Crippen molar-refractivity contribution in [1.29, 1.82) is 0 Å². The summed E-state index contributed by atoms with van der Waals surface area (Å²) in [4.78, 5) is 24.7. The fourth-order valence-corrected chi connectivity index (χ4v) is 3.22. The van der Waals surface area contributed by atoms with Crippen LogP contribution in [0.5, 0.6) is 0 Å². The van der Waals surface area contributed by atoms with Gasteiger partial charge in [-0.15, -0.1) is 0 Å². The summed E-state index contributed by atoms with van der Waals surface area (Å²) >= 11 is 0. The quantitative estimate of drug-likeness (QED) is 0.639. The molecule has 0 aromatic carbocycles. The number of piperidine rings is 1. The topological polar surface area (TPSA) is 113 Å². The Hall–Kier alpha value is -1.19. The van der Waals surface area contributed by atoms with Crippen molar-refractivity contribution >= 4 is 21.9 Å². The van der Waals surface area contributed by atoms with Crippen LogP contribution in [0.15, 0.2) is 0 Å². The van der Waals surface area contributed by atoms with E-state index in [2.05, 4.69) is 4.72 Å². The first-order valence-electron chi connectivity index (χ1n) is 7.73. The molecule has 2 N–H and O–H groups in total. The molecule has 23 heavy (non-hydrogen) atoms. The molecule has 0 aromatic heterocycles. The summed E-state index contributed by atoms with van der Waals surface area (Å²) in [7, 11) is -3.63. The molecule has 1 aliphatic heterocycles. The highest BCUT2D eigenvalue weighted by Gasteiger charge is 2.34. The molecule has 8 nitrogen and oxygen atoms in total. The van der Waals surface area contributed by atoms with Gasteiger partial charge in [0.05, 0.1) is 25.0 Å². The zero-order chi connectivity index (χ0) is 17.6. The third-order valence-corrected chi connectivity index (χ3v) is 5.00. The van der Waals surface area contributed by atoms with Crippen LogP contribution in [-0.2, 0) is 24.3 Å². The molecule has 0 aliphatic carbocycles. The second-order valence-electron chi connectivity index (χ2n) is 6.13. The highest BCUT2D eigenvalue weighted by Crippen LogP contribution is 2.22. The van der Waals surface area contributed by atoms with Gasteiger partial charge in [-0.1, -0.05) is 6.92 Å². The van der Waals surface area contributed by atoms with Gasteiger partial charge in [0.25, 0.3) is 0 Å². The van der Waals surface area contributed by atoms with Crippen LogP contribution in [0.25, 0.3) is 0 Å². The Kier molecular flexibility index (Phi) is 7.43. The molecule has 1 rings (SSSR count). The van der Waals surface area contributed by atoms with Crippen molar-refractivity contribution in [2.45, 2.75) is 45.8 Å². The number of sulfonamides is 1. The van der Waals surface area contributed by atoms with Crippen molar-refractivity contribution in [1.82, 2.24) is 9.62 Å². The summed E-state index contributed by atoms with van der Waals surface area (Å²) in [5.74, 6) is -1.58. The molecule has 2 unspecified atom stereocenters. The van der Waals surface area contributed by atoms with E-state index in [-0.39, 0.29) is 24.4 Å². The molecule has 134 valence electrons. The Balaban J connectivity index is 2.53. The maximum atomic E-state index is 12.2. The van der Waals surface area contributed by atoms with E-state index in [1.165, 1.54) is 4.90 Å². The van der Waals surface area contributed by atoms with Crippen molar-refractivity contribution in [3.63, 3.8) is 0 Å². The number of likely N-dealkylation sites (tertiary alicyclic amines) is 1. The average molecular weight is 350 g/mol. The van der Waals surface area contributed by atoms with Crippen LogP contribution in [-0.4, -0.2) is 67.9 Å². The van der Waals surface area contributed by atoms with Gasteiger partial charge in [0.2, 0.25) is 15.9 Å². The summed E-state index contributed by atoms with van der Waals surface area (Å²) in [5, 5.41) is 9.22. The normalized spacial score (nSPS) is 22.3. The highest BCUT2D eigenvalue weighted by molar-refractivity contribution is 7.89. The van der Waals surface area contributed by atoms with Gasteiger partial charge in [-0.2, -0.15) is 0 Å². The molecule has 1 fully saturated rings. The largest absolute Gasteiger partial charge is 0.480 e. The van der Waals surface area contributed by atoms with Gasteiger partial charge < -0.3 is 14.7 Å². The number of carbonyl (C=O) groups is 2. The summed E-state index contributed by atoms with van der Waals surface area (Å²) in [6.45, 7) is 5.48. The SMILES string of the molecule is CC1CCN(C(=O)CNS(=O)(=O)CCOC(C)C)C(C(=O)O)C1. The first kappa shape index (κ1) is 19.9. The van der Waals surface area contributed by atoms with E-state index in [0.29, 0.717) is 19.4 Å². The van der Waals surface area contributed by atoms with E-state index in [4.69, 9.17) is 4.74 Å². The number of nitrogens with zero attached hydrogens (tertiary/aromatic N) is 1. The molecule has 1 heterocycles. The maximum absolute atomic E-state index is 12.2. The molecule has 2 atom stereocenters. The molecule has 0 bridgehead atoms. The third-order valence-electron chi connectivity index (χ3n) is 3.72. The van der Waals surface area contributed by atoms with Crippen LogP contribution < -0.4 is 4.72 Å². The lowest BCUT2D eigenvalue weighted by atomic mass is 9.92. The number of hydrogen-bond acceptors (Lipinski definition) is 5. The van der Waals surface area contributed by atoms with E-state index in [1.807, 2.05) is 6.92 Å². The van der Waals surface area contributed by atoms with E-state index in [1.54, 1.807) is 13.8 Å². The van der Waals surface area contributed by atoms with Gasteiger partial charge in [0.1, 0.15) is 6.04 Å². The number of hydrogen-bond donors (Lipinski definition) is 2. The third kappa shape index (κ3) is 6.84. The lowest BCUT2D eigenvalue weighted by molar-refractivity contribution is -0.152. The van der Waals surface area contributed by atoms with Crippen LogP contribution in [0.3, 0.4) is 0 Å². The van der Waals surface area contributed by atoms with Crippen LogP contribution >= 0.6 is 0 Å². The Morgan fingerprint density at radius 3 is 2.61 bits per heavy atom. The van der Waals surface area contributed by atoms with Crippen molar-refractivity contribution in [3.05, 3.63) is 0 Å². The summed E-state index contributed by atoms with van der Waals surface area (Å²) in [6, 6.07) is -0.889. The molecule has 0 radical (unpaired) electrons. The summed E-state index contributed by atoms with van der Waals surface area (Å²) in [6.07, 6.45) is 1.03. The second kappa shape index (κ2) is 8.60. The standard InChI is InChI=1S/C14H26N2O6S/c1-10(2)22-6-7-23(20,21)15-9-13(17)16-5-4-11(3)8-12(16)14(18)19/h10-12,15H,4-9H2,1-3H3,(H,18,19). The fourth-order valence-electron chi connectivity index (χ4n) is 2.41. The number of aliphatic carboxylic acids is 1. The van der Waals surface area contributed by atoms with Crippen LogP contribution in [0.4, 0.5) is 0 Å². The first-order chi connectivity index (χ1) is 10.6. The van der Waals surface area contributed by atoms with Gasteiger partial charge in [0, 0.05) is 6.54 Å². The van der Waals surface area contributed by atoms with E-state index < -0.39 is 34.5 Å². The van der Waals surface area contributed by atoms with E-state index in [9.17, 15) is 23.1 Å². The molecule has 1 amide bonds. The first-order valence-corrected chi connectivity index (χ1v) is 9.39. The fraction of sp³-hybridized carbons (Fsp3) is 0.857. The Morgan fingerprint density at radius 1 is 1.39 bits per heavy atom. The zero-order valence-corrected chi connectivity index (χ0v) is 14.6. The summed E-state index contributed by atoms with van der Waals surface area (Å²) < 4.78 is 31.0. The number of carbonyl (C=O) groups excluding carboxylic acids is 1. The van der Waals surface area contributed by atoms with Gasteiger partial charge in [-0.25, -0.2) is 17.9 Å². The molecule has 0 spiro atoms.